The summed E-state index contributed by atoms with van der Waals surface area (Å²) in [6.45, 7) is 15.4. The Morgan fingerprint density at radius 1 is 1.04 bits per heavy atom. The average molecular weight is 346 g/mol. The molecule has 0 heterocycles. The summed E-state index contributed by atoms with van der Waals surface area (Å²) < 4.78 is 0. The van der Waals surface area contributed by atoms with E-state index in [9.17, 15) is 5.11 Å². The zero-order chi connectivity index (χ0) is 17.4. The van der Waals surface area contributed by atoms with Crippen molar-refractivity contribution in [3.63, 3.8) is 0 Å². The van der Waals surface area contributed by atoms with Gasteiger partial charge in [-0.25, -0.2) is 0 Å². The van der Waals surface area contributed by atoms with Crippen LogP contribution in [0.1, 0.15) is 37.5 Å². The van der Waals surface area contributed by atoms with Gasteiger partial charge in [0.05, 0.1) is 0 Å². The van der Waals surface area contributed by atoms with Gasteiger partial charge in [-0.05, 0) is 60.4 Å². The van der Waals surface area contributed by atoms with E-state index >= 15 is 0 Å². The van der Waals surface area contributed by atoms with E-state index in [1.54, 1.807) is 0 Å². The lowest BCUT2D eigenvalue weighted by atomic mass is 9.85. The number of hydrogen-bond acceptors (Lipinski definition) is 1. The van der Waals surface area contributed by atoms with Crippen LogP contribution in [0.15, 0.2) is 30.3 Å². The molecule has 1 N–H and O–H groups in total. The van der Waals surface area contributed by atoms with E-state index in [2.05, 4.69) is 78.3 Å². The van der Waals surface area contributed by atoms with Crippen molar-refractivity contribution >= 4 is 32.4 Å². The van der Waals surface area contributed by atoms with E-state index in [1.807, 2.05) is 0 Å². The molecule has 0 fully saturated rings. The summed E-state index contributed by atoms with van der Waals surface area (Å²) in [5, 5.41) is 14.8. The molecule has 0 amide bonds. The third kappa shape index (κ3) is 4.14. The minimum atomic E-state index is -0.151. The Hall–Kier alpha value is -0.900. The first-order chi connectivity index (χ1) is 10.6. The number of aryl methyl sites for hydroxylation is 2. The van der Waals surface area contributed by atoms with Crippen LogP contribution in [0, 0.1) is 13.8 Å². The zero-order valence-electron chi connectivity index (χ0n) is 15.3. The van der Waals surface area contributed by atoms with Crippen LogP contribution in [-0.4, -0.2) is 18.4 Å². The molecular formula is C20H28OP2. The maximum Gasteiger partial charge on any atom is 0.127 e. The number of rotatable bonds is 3. The maximum absolute atomic E-state index is 10.8. The van der Waals surface area contributed by atoms with Crippen molar-refractivity contribution < 1.29 is 5.11 Å². The van der Waals surface area contributed by atoms with E-state index in [-0.39, 0.29) is 13.3 Å². The third-order valence-corrected chi connectivity index (χ3v) is 7.17. The van der Waals surface area contributed by atoms with Gasteiger partial charge in [0, 0.05) is 10.9 Å². The van der Waals surface area contributed by atoms with Crippen LogP contribution in [0.4, 0.5) is 0 Å². The van der Waals surface area contributed by atoms with Crippen molar-refractivity contribution in [2.75, 3.05) is 13.3 Å². The van der Waals surface area contributed by atoms with Crippen molar-refractivity contribution in [2.24, 2.45) is 0 Å². The highest BCUT2D eigenvalue weighted by Gasteiger charge is 2.21. The highest BCUT2D eigenvalue weighted by atomic mass is 31.1. The van der Waals surface area contributed by atoms with E-state index in [0.717, 1.165) is 10.9 Å². The second kappa shape index (κ2) is 6.92. The lowest BCUT2D eigenvalue weighted by Gasteiger charge is -2.24. The lowest BCUT2D eigenvalue weighted by Crippen LogP contribution is -2.24. The molecule has 1 atom stereocenters. The van der Waals surface area contributed by atoms with Crippen molar-refractivity contribution in [2.45, 2.75) is 40.0 Å². The van der Waals surface area contributed by atoms with Gasteiger partial charge >= 0.3 is 0 Å². The first-order valence-electron chi connectivity index (χ1n) is 7.99. The predicted octanol–water partition coefficient (Wildman–Crippen LogP) is 4.30. The predicted molar refractivity (Wildman–Crippen MR) is 109 cm³/mol. The second-order valence-corrected chi connectivity index (χ2v) is 11.0. The van der Waals surface area contributed by atoms with Gasteiger partial charge in [0.2, 0.25) is 0 Å². The second-order valence-electron chi connectivity index (χ2n) is 7.45. The highest BCUT2D eigenvalue weighted by molar-refractivity contribution is 7.67. The van der Waals surface area contributed by atoms with E-state index < -0.39 is 0 Å². The lowest BCUT2D eigenvalue weighted by molar-refractivity contribution is 0.450. The van der Waals surface area contributed by atoms with Gasteiger partial charge in [0.1, 0.15) is 5.75 Å². The number of phenols is 1. The summed E-state index contributed by atoms with van der Waals surface area (Å²) in [4.78, 5) is 0. The Bertz CT molecular complexity index is 712. The van der Waals surface area contributed by atoms with Gasteiger partial charge in [0.15, 0.2) is 0 Å². The molecule has 0 aliphatic carbocycles. The van der Waals surface area contributed by atoms with Gasteiger partial charge in [-0.3, -0.25) is 0 Å². The van der Waals surface area contributed by atoms with Crippen molar-refractivity contribution in [1.29, 1.82) is 0 Å². The monoisotopic (exact) mass is 346 g/mol. The van der Waals surface area contributed by atoms with E-state index in [0.29, 0.717) is 14.3 Å². The molecule has 0 aliphatic rings. The normalized spacial score (nSPS) is 12.5. The molecule has 2 aromatic rings. The Morgan fingerprint density at radius 2 is 1.70 bits per heavy atom. The van der Waals surface area contributed by atoms with E-state index in [1.165, 1.54) is 21.7 Å². The summed E-state index contributed by atoms with van der Waals surface area (Å²) in [7, 11) is 0.353. The zero-order valence-corrected chi connectivity index (χ0v) is 17.2. The number of aromatic hydroxyl groups is 1. The fourth-order valence-electron chi connectivity index (χ4n) is 2.77. The SMILES string of the molecule is Cc1cc(Pc2c(C)cccc2P(C)C)c(O)c(C(C)(C)C)c1. The fourth-order valence-corrected chi connectivity index (χ4v) is 5.93. The van der Waals surface area contributed by atoms with Crippen molar-refractivity contribution in [3.8, 4) is 5.75 Å². The van der Waals surface area contributed by atoms with Crippen LogP contribution in [0.2, 0.25) is 0 Å². The molecule has 0 aromatic heterocycles. The number of benzene rings is 2. The molecular weight excluding hydrogens is 318 g/mol. The molecule has 0 saturated carbocycles. The van der Waals surface area contributed by atoms with Gasteiger partial charge in [0.25, 0.3) is 0 Å². The largest absolute Gasteiger partial charge is 0.507 e. The smallest absolute Gasteiger partial charge is 0.127 e. The molecule has 1 unspecified atom stereocenters. The number of hydrogen-bond donors (Lipinski definition) is 1. The Kier molecular flexibility index (Phi) is 5.55. The minimum Gasteiger partial charge on any atom is -0.507 e. The fraction of sp³-hybridized carbons (Fsp3) is 0.400. The minimum absolute atomic E-state index is 0.0496. The van der Waals surface area contributed by atoms with Crippen LogP contribution in [0.5, 0.6) is 5.75 Å². The molecule has 0 radical (unpaired) electrons. The van der Waals surface area contributed by atoms with Crippen LogP contribution >= 0.6 is 16.5 Å². The maximum atomic E-state index is 10.8. The quantitative estimate of drug-likeness (QED) is 0.822. The van der Waals surface area contributed by atoms with Crippen LogP contribution < -0.4 is 15.9 Å². The summed E-state index contributed by atoms with van der Waals surface area (Å²) >= 11 is 0. The van der Waals surface area contributed by atoms with Crippen LogP contribution in [-0.2, 0) is 5.41 Å². The molecule has 124 valence electrons. The van der Waals surface area contributed by atoms with Gasteiger partial charge in [-0.1, -0.05) is 61.5 Å². The van der Waals surface area contributed by atoms with Crippen LogP contribution in [0.25, 0.3) is 0 Å². The van der Waals surface area contributed by atoms with Gasteiger partial charge < -0.3 is 5.11 Å². The molecule has 0 spiro atoms. The molecule has 23 heavy (non-hydrogen) atoms. The molecule has 2 aromatic carbocycles. The van der Waals surface area contributed by atoms with Gasteiger partial charge in [-0.15, -0.1) is 0 Å². The van der Waals surface area contributed by atoms with Crippen LogP contribution in [0.3, 0.4) is 0 Å². The summed E-state index contributed by atoms with van der Waals surface area (Å²) in [6.07, 6.45) is 0. The van der Waals surface area contributed by atoms with E-state index in [4.69, 9.17) is 0 Å². The first-order valence-corrected chi connectivity index (χ1v) is 11.2. The summed E-state index contributed by atoms with van der Waals surface area (Å²) in [5.74, 6) is 0.479. The molecule has 0 saturated heterocycles. The molecule has 2 rings (SSSR count). The molecule has 3 heteroatoms. The topological polar surface area (TPSA) is 20.2 Å². The molecule has 1 nitrogen and oxygen atoms in total. The first kappa shape index (κ1) is 18.4. The third-order valence-electron chi connectivity index (χ3n) is 4.05. The standard InChI is InChI=1S/C20H28OP2/c1-13-11-15(20(3,4)5)18(21)16(12-13)22-19-14(2)9-8-10-17(19)23(6)7/h8-12,21-22H,1-7H3. The average Bonchev–Trinajstić information content (AvgIpc) is 2.43. The van der Waals surface area contributed by atoms with Gasteiger partial charge in [-0.2, -0.15) is 0 Å². The highest BCUT2D eigenvalue weighted by Crippen LogP contribution is 2.34. The summed E-state index contributed by atoms with van der Waals surface area (Å²) in [5.41, 5.74) is 3.55. The Labute approximate surface area is 144 Å². The molecule has 0 aliphatic heterocycles. The number of phenolic OH excluding ortho intramolecular Hbond substituents is 1. The van der Waals surface area contributed by atoms with Crippen molar-refractivity contribution in [3.05, 3.63) is 47.0 Å². The Balaban J connectivity index is 2.56. The molecule has 0 bridgehead atoms. The Morgan fingerprint density at radius 3 is 2.26 bits per heavy atom. The summed E-state index contributed by atoms with van der Waals surface area (Å²) in [6, 6.07) is 10.8. The van der Waals surface area contributed by atoms with Crippen molar-refractivity contribution in [1.82, 2.24) is 0 Å².